The lowest BCUT2D eigenvalue weighted by Gasteiger charge is -2.36. The third-order valence-electron chi connectivity index (χ3n) is 6.33. The van der Waals surface area contributed by atoms with Crippen molar-refractivity contribution in [1.82, 2.24) is 20.2 Å². The molecule has 2 aliphatic heterocycles. The zero-order valence-corrected chi connectivity index (χ0v) is 18.7. The molecule has 32 heavy (non-hydrogen) atoms. The first-order chi connectivity index (χ1) is 15.5. The predicted molar refractivity (Wildman–Crippen MR) is 124 cm³/mol. The first kappa shape index (κ1) is 20.6. The van der Waals surface area contributed by atoms with Crippen LogP contribution in [0.15, 0.2) is 36.4 Å². The third kappa shape index (κ3) is 3.98. The number of carbonyl (C=O) groups excluding carboxylic acids is 1. The lowest BCUT2D eigenvalue weighted by Crippen LogP contribution is -2.45. The molecule has 2 aromatic carbocycles. The van der Waals surface area contributed by atoms with Gasteiger partial charge in [0.15, 0.2) is 11.5 Å². The highest BCUT2D eigenvalue weighted by Gasteiger charge is 2.30. The molecular formula is C24H29N5O3. The van der Waals surface area contributed by atoms with Gasteiger partial charge in [-0.25, -0.2) is 4.98 Å². The van der Waals surface area contributed by atoms with Gasteiger partial charge in [-0.3, -0.25) is 9.69 Å². The maximum atomic E-state index is 12.9. The van der Waals surface area contributed by atoms with Crippen LogP contribution in [-0.4, -0.2) is 67.7 Å². The highest BCUT2D eigenvalue weighted by Crippen LogP contribution is 2.32. The topological polar surface area (TPSA) is 82.7 Å². The summed E-state index contributed by atoms with van der Waals surface area (Å²) in [5.41, 5.74) is 3.71. The summed E-state index contributed by atoms with van der Waals surface area (Å²) in [4.78, 5) is 25.7. The Kier molecular flexibility index (Phi) is 5.38. The van der Waals surface area contributed by atoms with Gasteiger partial charge in [-0.1, -0.05) is 0 Å². The molecule has 0 aliphatic carbocycles. The number of aromatic amines is 1. The molecule has 8 nitrogen and oxygen atoms in total. The first-order valence-corrected chi connectivity index (χ1v) is 11.1. The number of piperidine rings is 1. The van der Waals surface area contributed by atoms with E-state index in [0.717, 1.165) is 41.9 Å². The molecule has 1 saturated heterocycles. The van der Waals surface area contributed by atoms with Gasteiger partial charge in [0.25, 0.3) is 5.91 Å². The Morgan fingerprint density at radius 3 is 2.78 bits per heavy atom. The fourth-order valence-corrected chi connectivity index (χ4v) is 4.44. The molecule has 1 amide bonds. The molecule has 168 valence electrons. The number of nitrogens with zero attached hydrogens (tertiary/aromatic N) is 3. The van der Waals surface area contributed by atoms with Crippen molar-refractivity contribution < 1.29 is 14.3 Å². The fraction of sp³-hybridized carbons (Fsp3) is 0.417. The number of aromatic nitrogens is 2. The van der Waals surface area contributed by atoms with E-state index in [2.05, 4.69) is 45.3 Å². The summed E-state index contributed by atoms with van der Waals surface area (Å²) < 4.78 is 11.2. The van der Waals surface area contributed by atoms with E-state index < -0.39 is 0 Å². The van der Waals surface area contributed by atoms with Gasteiger partial charge in [-0.15, -0.1) is 0 Å². The van der Waals surface area contributed by atoms with Crippen molar-refractivity contribution >= 4 is 22.6 Å². The van der Waals surface area contributed by atoms with Gasteiger partial charge in [-0.2, -0.15) is 0 Å². The van der Waals surface area contributed by atoms with Crippen molar-refractivity contribution in [3.63, 3.8) is 0 Å². The molecule has 1 aromatic heterocycles. The van der Waals surface area contributed by atoms with Gasteiger partial charge in [0, 0.05) is 37.9 Å². The van der Waals surface area contributed by atoms with E-state index in [9.17, 15) is 4.79 Å². The number of benzene rings is 2. The second-order valence-corrected chi connectivity index (χ2v) is 8.77. The number of ether oxygens (including phenoxy) is 2. The number of nitrogens with one attached hydrogen (secondary N) is 2. The standard InChI is InChI=1S/C24H29N5O3/c1-28(2)17-5-6-18-19(14-17)27-23(26-18)20-13-16(8-9-29(20)3)25-24(30)15-4-7-21-22(12-15)32-11-10-31-21/h4-7,12,14,16,20H,8-11,13H2,1-3H3,(H,25,30)(H,26,27). The summed E-state index contributed by atoms with van der Waals surface area (Å²) in [6.45, 7) is 1.92. The SMILES string of the molecule is CN(C)c1ccc2nc(C3CC(NC(=O)c4ccc5c(c4)OCCO5)CCN3C)[nH]c2c1. The predicted octanol–water partition coefficient (Wildman–Crippen LogP) is 2.97. The molecule has 2 atom stereocenters. The zero-order chi connectivity index (χ0) is 22.2. The van der Waals surface area contributed by atoms with Crippen LogP contribution in [0.25, 0.3) is 11.0 Å². The molecule has 0 bridgehead atoms. The molecular weight excluding hydrogens is 406 g/mol. The number of fused-ring (bicyclic) bond motifs is 2. The minimum atomic E-state index is -0.0875. The van der Waals surface area contributed by atoms with E-state index in [1.807, 2.05) is 14.1 Å². The van der Waals surface area contributed by atoms with Crippen LogP contribution in [-0.2, 0) is 0 Å². The smallest absolute Gasteiger partial charge is 0.251 e. The largest absolute Gasteiger partial charge is 0.486 e. The maximum Gasteiger partial charge on any atom is 0.251 e. The molecule has 2 N–H and O–H groups in total. The molecule has 2 unspecified atom stereocenters. The van der Waals surface area contributed by atoms with E-state index in [0.29, 0.717) is 30.3 Å². The van der Waals surface area contributed by atoms with Crippen LogP contribution in [0.2, 0.25) is 0 Å². The minimum absolute atomic E-state index is 0.0717. The Morgan fingerprint density at radius 1 is 1.16 bits per heavy atom. The number of carbonyl (C=O) groups is 1. The Morgan fingerprint density at radius 2 is 1.97 bits per heavy atom. The van der Waals surface area contributed by atoms with Gasteiger partial charge < -0.3 is 24.7 Å². The number of imidazole rings is 1. The Bertz CT molecular complexity index is 1140. The summed E-state index contributed by atoms with van der Waals surface area (Å²) in [5.74, 6) is 2.17. The number of hydrogen-bond donors (Lipinski definition) is 2. The van der Waals surface area contributed by atoms with E-state index >= 15 is 0 Å². The second kappa shape index (κ2) is 8.35. The van der Waals surface area contributed by atoms with Crippen molar-refractivity contribution in [3.8, 4) is 11.5 Å². The summed E-state index contributed by atoms with van der Waals surface area (Å²) >= 11 is 0. The van der Waals surface area contributed by atoms with Crippen LogP contribution in [0.5, 0.6) is 11.5 Å². The molecule has 3 aromatic rings. The summed E-state index contributed by atoms with van der Waals surface area (Å²) in [6, 6.07) is 11.8. The van der Waals surface area contributed by atoms with Gasteiger partial charge >= 0.3 is 0 Å². The van der Waals surface area contributed by atoms with E-state index in [1.54, 1.807) is 18.2 Å². The van der Waals surface area contributed by atoms with Crippen molar-refractivity contribution in [2.45, 2.75) is 24.9 Å². The van der Waals surface area contributed by atoms with E-state index in [4.69, 9.17) is 14.5 Å². The minimum Gasteiger partial charge on any atom is -0.486 e. The maximum absolute atomic E-state index is 12.9. The third-order valence-corrected chi connectivity index (χ3v) is 6.33. The molecule has 0 saturated carbocycles. The van der Waals surface area contributed by atoms with Gasteiger partial charge in [0.2, 0.25) is 0 Å². The van der Waals surface area contributed by atoms with Gasteiger partial charge in [-0.05, 0) is 56.3 Å². The fourth-order valence-electron chi connectivity index (χ4n) is 4.44. The molecule has 1 fully saturated rings. The van der Waals surface area contributed by atoms with Crippen LogP contribution < -0.4 is 19.7 Å². The highest BCUT2D eigenvalue weighted by atomic mass is 16.6. The van der Waals surface area contributed by atoms with Crippen LogP contribution >= 0.6 is 0 Å². The van der Waals surface area contributed by atoms with Crippen molar-refractivity contribution in [2.24, 2.45) is 0 Å². The number of H-pyrrole nitrogens is 1. The Labute approximate surface area is 187 Å². The number of amides is 1. The number of hydrogen-bond acceptors (Lipinski definition) is 6. The second-order valence-electron chi connectivity index (χ2n) is 8.77. The van der Waals surface area contributed by atoms with Crippen LogP contribution in [0, 0.1) is 0 Å². The normalized spacial score (nSPS) is 20.8. The Balaban J connectivity index is 1.31. The van der Waals surface area contributed by atoms with Crippen molar-refractivity contribution in [1.29, 1.82) is 0 Å². The summed E-state index contributed by atoms with van der Waals surface area (Å²) in [7, 11) is 6.17. The van der Waals surface area contributed by atoms with Crippen LogP contribution in [0.1, 0.15) is 35.1 Å². The highest BCUT2D eigenvalue weighted by molar-refractivity contribution is 5.95. The zero-order valence-electron chi connectivity index (χ0n) is 18.7. The molecule has 2 aliphatic rings. The quantitative estimate of drug-likeness (QED) is 0.656. The van der Waals surface area contributed by atoms with Crippen LogP contribution in [0.4, 0.5) is 5.69 Å². The van der Waals surface area contributed by atoms with E-state index in [1.165, 1.54) is 0 Å². The Hall–Kier alpha value is -3.26. The van der Waals surface area contributed by atoms with Crippen molar-refractivity contribution in [2.75, 3.05) is 45.8 Å². The summed E-state index contributed by atoms with van der Waals surface area (Å²) in [6.07, 6.45) is 1.70. The monoisotopic (exact) mass is 435 g/mol. The average molecular weight is 436 g/mol. The van der Waals surface area contributed by atoms with Gasteiger partial charge in [0.05, 0.1) is 17.1 Å². The molecule has 0 spiro atoms. The van der Waals surface area contributed by atoms with Gasteiger partial charge in [0.1, 0.15) is 19.0 Å². The number of anilines is 1. The molecule has 0 radical (unpaired) electrons. The average Bonchev–Trinajstić information content (AvgIpc) is 3.23. The van der Waals surface area contributed by atoms with Crippen LogP contribution in [0.3, 0.4) is 0 Å². The summed E-state index contributed by atoms with van der Waals surface area (Å²) in [5, 5.41) is 3.21. The van der Waals surface area contributed by atoms with Crippen molar-refractivity contribution in [3.05, 3.63) is 47.8 Å². The molecule has 5 rings (SSSR count). The first-order valence-electron chi connectivity index (χ1n) is 11.1. The molecule has 8 heteroatoms. The van der Waals surface area contributed by atoms with E-state index in [-0.39, 0.29) is 18.0 Å². The molecule has 3 heterocycles. The lowest BCUT2D eigenvalue weighted by atomic mass is 9.96. The lowest BCUT2D eigenvalue weighted by molar-refractivity contribution is 0.0883. The number of likely N-dealkylation sites (tertiary alicyclic amines) is 1. The number of rotatable bonds is 4.